The molecular formula is C15H12BrCl2FO. The zero-order valence-electron chi connectivity index (χ0n) is 10.7. The van der Waals surface area contributed by atoms with Crippen molar-refractivity contribution in [3.8, 4) is 5.75 Å². The van der Waals surface area contributed by atoms with Gasteiger partial charge in [0.2, 0.25) is 0 Å². The highest BCUT2D eigenvalue weighted by Crippen LogP contribution is 2.40. The Balaban J connectivity index is 2.37. The topological polar surface area (TPSA) is 9.23 Å². The second kappa shape index (κ2) is 6.79. The van der Waals surface area contributed by atoms with Crippen molar-refractivity contribution in [2.45, 2.75) is 11.8 Å². The van der Waals surface area contributed by atoms with E-state index in [1.165, 1.54) is 12.1 Å². The molecule has 2 aromatic rings. The van der Waals surface area contributed by atoms with E-state index in [1.807, 2.05) is 6.92 Å². The van der Waals surface area contributed by atoms with Gasteiger partial charge >= 0.3 is 0 Å². The summed E-state index contributed by atoms with van der Waals surface area (Å²) in [5.41, 5.74) is 1.71. The van der Waals surface area contributed by atoms with Gasteiger partial charge in [0.05, 0.1) is 16.5 Å². The normalized spacial score (nSPS) is 12.2. The van der Waals surface area contributed by atoms with Crippen LogP contribution in [0.15, 0.2) is 36.4 Å². The van der Waals surface area contributed by atoms with Crippen LogP contribution >= 0.6 is 39.1 Å². The van der Waals surface area contributed by atoms with E-state index < -0.39 is 0 Å². The minimum Gasteiger partial charge on any atom is -0.492 e. The van der Waals surface area contributed by atoms with Gasteiger partial charge < -0.3 is 4.74 Å². The third-order valence-electron chi connectivity index (χ3n) is 2.79. The van der Waals surface area contributed by atoms with Gasteiger partial charge in [-0.3, -0.25) is 0 Å². The molecule has 0 heterocycles. The van der Waals surface area contributed by atoms with E-state index >= 15 is 0 Å². The van der Waals surface area contributed by atoms with Crippen LogP contribution < -0.4 is 4.74 Å². The third-order valence-corrected chi connectivity index (χ3v) is 4.43. The summed E-state index contributed by atoms with van der Waals surface area (Å²) in [6.07, 6.45) is 0. The van der Waals surface area contributed by atoms with E-state index in [0.29, 0.717) is 22.4 Å². The molecular weight excluding hydrogens is 366 g/mol. The van der Waals surface area contributed by atoms with Crippen molar-refractivity contribution < 1.29 is 9.13 Å². The molecule has 0 amide bonds. The smallest absolute Gasteiger partial charge is 0.139 e. The predicted octanol–water partition coefficient (Wildman–Crippen LogP) is 6.02. The summed E-state index contributed by atoms with van der Waals surface area (Å²) in [4.78, 5) is -0.163. The van der Waals surface area contributed by atoms with Crippen LogP contribution in [0.1, 0.15) is 22.9 Å². The standard InChI is InChI=1S/C15H12BrCl2FO/c1-2-20-14-8-12(17)11(7-13(14)18)15(16)9-3-5-10(19)6-4-9/h3-8,15H,2H2,1H3. The quantitative estimate of drug-likeness (QED) is 0.592. The Hall–Kier alpha value is -0.770. The summed E-state index contributed by atoms with van der Waals surface area (Å²) in [6.45, 7) is 2.40. The van der Waals surface area contributed by atoms with E-state index in [4.69, 9.17) is 27.9 Å². The van der Waals surface area contributed by atoms with Gasteiger partial charge in [-0.1, -0.05) is 51.3 Å². The molecule has 0 N–H and O–H groups in total. The van der Waals surface area contributed by atoms with Gasteiger partial charge in [-0.05, 0) is 36.2 Å². The summed E-state index contributed by atoms with van der Waals surface area (Å²) in [5, 5.41) is 1.04. The van der Waals surface area contributed by atoms with Gasteiger partial charge in [0, 0.05) is 11.1 Å². The fourth-order valence-electron chi connectivity index (χ4n) is 1.82. The summed E-state index contributed by atoms with van der Waals surface area (Å²) >= 11 is 16.0. The first kappa shape index (κ1) is 15.6. The van der Waals surface area contributed by atoms with Crippen molar-refractivity contribution in [1.29, 1.82) is 0 Å². The highest BCUT2D eigenvalue weighted by atomic mass is 79.9. The van der Waals surface area contributed by atoms with Crippen LogP contribution in [-0.4, -0.2) is 6.61 Å². The van der Waals surface area contributed by atoms with Gasteiger partial charge in [0.25, 0.3) is 0 Å². The van der Waals surface area contributed by atoms with Crippen LogP contribution in [0.25, 0.3) is 0 Å². The molecule has 106 valence electrons. The molecule has 0 fully saturated rings. The Labute approximate surface area is 135 Å². The van der Waals surface area contributed by atoms with E-state index in [2.05, 4.69) is 15.9 Å². The zero-order chi connectivity index (χ0) is 14.7. The summed E-state index contributed by atoms with van der Waals surface area (Å²) in [7, 11) is 0. The lowest BCUT2D eigenvalue weighted by Crippen LogP contribution is -1.97. The number of benzene rings is 2. The molecule has 0 aliphatic carbocycles. The number of alkyl halides is 1. The molecule has 2 aromatic carbocycles. The second-order valence-corrected chi connectivity index (χ2v) is 5.88. The molecule has 0 saturated carbocycles. The maximum absolute atomic E-state index is 13.0. The maximum Gasteiger partial charge on any atom is 0.139 e. The van der Waals surface area contributed by atoms with Crippen molar-refractivity contribution in [2.75, 3.05) is 6.61 Å². The predicted molar refractivity (Wildman–Crippen MR) is 84.8 cm³/mol. The molecule has 5 heteroatoms. The lowest BCUT2D eigenvalue weighted by Gasteiger charge is -2.15. The Morgan fingerprint density at radius 1 is 1.15 bits per heavy atom. The van der Waals surface area contributed by atoms with Gasteiger partial charge in [-0.25, -0.2) is 4.39 Å². The Bertz CT molecular complexity index is 602. The summed E-state index contributed by atoms with van der Waals surface area (Å²) in [6, 6.07) is 9.68. The van der Waals surface area contributed by atoms with Crippen molar-refractivity contribution in [1.82, 2.24) is 0 Å². The Kier molecular flexibility index (Phi) is 5.30. The van der Waals surface area contributed by atoms with Crippen molar-refractivity contribution >= 4 is 39.1 Å². The van der Waals surface area contributed by atoms with Crippen LogP contribution in [0.5, 0.6) is 5.75 Å². The monoisotopic (exact) mass is 376 g/mol. The van der Waals surface area contributed by atoms with Crippen molar-refractivity contribution in [3.63, 3.8) is 0 Å². The third kappa shape index (κ3) is 3.46. The number of hydrogen-bond donors (Lipinski definition) is 0. The van der Waals surface area contributed by atoms with Crippen molar-refractivity contribution in [3.05, 3.63) is 63.4 Å². The SMILES string of the molecule is CCOc1cc(Cl)c(C(Br)c2ccc(F)cc2)cc1Cl. The molecule has 0 aromatic heterocycles. The minimum atomic E-state index is -0.274. The zero-order valence-corrected chi connectivity index (χ0v) is 13.8. The number of ether oxygens (including phenoxy) is 1. The largest absolute Gasteiger partial charge is 0.492 e. The van der Waals surface area contributed by atoms with Gasteiger partial charge in [0.1, 0.15) is 11.6 Å². The van der Waals surface area contributed by atoms with Crippen LogP contribution in [0.4, 0.5) is 4.39 Å². The first-order chi connectivity index (χ1) is 9.52. The number of rotatable bonds is 4. The van der Waals surface area contributed by atoms with Gasteiger partial charge in [0.15, 0.2) is 0 Å². The molecule has 0 radical (unpaired) electrons. The first-order valence-electron chi connectivity index (χ1n) is 6.04. The van der Waals surface area contributed by atoms with Crippen LogP contribution in [0.2, 0.25) is 10.0 Å². The highest BCUT2D eigenvalue weighted by molar-refractivity contribution is 9.09. The van der Waals surface area contributed by atoms with Gasteiger partial charge in [-0.15, -0.1) is 0 Å². The molecule has 2 rings (SSSR count). The molecule has 1 unspecified atom stereocenters. The molecule has 20 heavy (non-hydrogen) atoms. The minimum absolute atomic E-state index is 0.163. The lowest BCUT2D eigenvalue weighted by atomic mass is 10.0. The van der Waals surface area contributed by atoms with Gasteiger partial charge in [-0.2, -0.15) is 0 Å². The number of halogens is 4. The second-order valence-electron chi connectivity index (χ2n) is 4.15. The first-order valence-corrected chi connectivity index (χ1v) is 7.71. The average molecular weight is 378 g/mol. The highest BCUT2D eigenvalue weighted by Gasteiger charge is 2.17. The fourth-order valence-corrected chi connectivity index (χ4v) is 3.12. The Morgan fingerprint density at radius 3 is 2.40 bits per heavy atom. The van der Waals surface area contributed by atoms with Crippen LogP contribution in [0.3, 0.4) is 0 Å². The van der Waals surface area contributed by atoms with E-state index in [0.717, 1.165) is 11.1 Å². The number of hydrogen-bond acceptors (Lipinski definition) is 1. The average Bonchev–Trinajstić information content (AvgIpc) is 2.43. The van der Waals surface area contributed by atoms with Crippen molar-refractivity contribution in [2.24, 2.45) is 0 Å². The van der Waals surface area contributed by atoms with E-state index in [1.54, 1.807) is 24.3 Å². The molecule has 0 aliphatic rings. The molecule has 1 nitrogen and oxygen atoms in total. The van der Waals surface area contributed by atoms with Crippen LogP contribution in [-0.2, 0) is 0 Å². The van der Waals surface area contributed by atoms with E-state index in [9.17, 15) is 4.39 Å². The van der Waals surface area contributed by atoms with E-state index in [-0.39, 0.29) is 10.6 Å². The Morgan fingerprint density at radius 2 is 1.80 bits per heavy atom. The summed E-state index contributed by atoms with van der Waals surface area (Å²) in [5.74, 6) is 0.283. The fraction of sp³-hybridized carbons (Fsp3) is 0.200. The molecule has 0 spiro atoms. The lowest BCUT2D eigenvalue weighted by molar-refractivity contribution is 0.340. The summed E-state index contributed by atoms with van der Waals surface area (Å²) < 4.78 is 18.3. The molecule has 1 atom stereocenters. The molecule has 0 bridgehead atoms. The molecule has 0 saturated heterocycles. The molecule has 0 aliphatic heterocycles. The van der Waals surface area contributed by atoms with Crippen LogP contribution in [0, 0.1) is 5.82 Å². The maximum atomic E-state index is 13.0.